The molecular weight excluding hydrogens is 404 g/mol. The van der Waals surface area contributed by atoms with Gasteiger partial charge in [-0.25, -0.2) is 9.78 Å². The monoisotopic (exact) mass is 428 g/mol. The third-order valence-electron chi connectivity index (χ3n) is 5.04. The van der Waals surface area contributed by atoms with E-state index in [1.54, 1.807) is 49.7 Å². The van der Waals surface area contributed by atoms with Crippen LogP contribution in [0.15, 0.2) is 36.4 Å². The summed E-state index contributed by atoms with van der Waals surface area (Å²) in [6.07, 6.45) is 0. The van der Waals surface area contributed by atoms with Crippen molar-refractivity contribution in [1.29, 1.82) is 0 Å². The van der Waals surface area contributed by atoms with Gasteiger partial charge in [0.1, 0.15) is 0 Å². The number of aromatic nitrogens is 1. The molecule has 0 unspecified atom stereocenters. The number of urea groups is 1. The molecule has 0 atom stereocenters. The molecule has 0 radical (unpaired) electrons. The van der Waals surface area contributed by atoms with E-state index < -0.39 is 0 Å². The number of para-hydroxylation sites is 1. The lowest BCUT2D eigenvalue weighted by molar-refractivity contribution is 0.208. The van der Waals surface area contributed by atoms with Gasteiger partial charge in [-0.15, -0.1) is 0 Å². The summed E-state index contributed by atoms with van der Waals surface area (Å²) >= 11 is 1.68. The second-order valence-corrected chi connectivity index (χ2v) is 7.79. The number of nitrogens with one attached hydrogen (secondary N) is 1. The Labute approximate surface area is 179 Å². The van der Waals surface area contributed by atoms with E-state index in [-0.39, 0.29) is 6.03 Å². The molecule has 1 aliphatic heterocycles. The van der Waals surface area contributed by atoms with Gasteiger partial charge in [-0.1, -0.05) is 23.5 Å². The summed E-state index contributed by atoms with van der Waals surface area (Å²) in [5.41, 5.74) is 1.60. The first-order valence-corrected chi connectivity index (χ1v) is 10.4. The number of fused-ring (bicyclic) bond motifs is 1. The first-order valence-electron chi connectivity index (χ1n) is 9.59. The van der Waals surface area contributed by atoms with Gasteiger partial charge in [-0.05, 0) is 12.1 Å². The molecule has 8 nitrogen and oxygen atoms in total. The van der Waals surface area contributed by atoms with Gasteiger partial charge in [0.15, 0.2) is 16.6 Å². The van der Waals surface area contributed by atoms with Crippen LogP contribution in [0.1, 0.15) is 0 Å². The van der Waals surface area contributed by atoms with E-state index in [1.165, 1.54) is 4.70 Å². The van der Waals surface area contributed by atoms with Crippen LogP contribution >= 0.6 is 11.3 Å². The second kappa shape index (κ2) is 8.66. The molecule has 0 saturated carbocycles. The molecule has 2 heterocycles. The number of carbonyl (C=O) groups is 1. The summed E-state index contributed by atoms with van der Waals surface area (Å²) in [4.78, 5) is 21.5. The summed E-state index contributed by atoms with van der Waals surface area (Å²) in [6.45, 7) is 2.71. The summed E-state index contributed by atoms with van der Waals surface area (Å²) in [7, 11) is 4.64. The minimum absolute atomic E-state index is 0.159. The van der Waals surface area contributed by atoms with Crippen LogP contribution < -0.4 is 24.4 Å². The molecule has 9 heteroatoms. The zero-order valence-electron chi connectivity index (χ0n) is 17.2. The van der Waals surface area contributed by atoms with Crippen molar-refractivity contribution in [2.45, 2.75) is 0 Å². The lowest BCUT2D eigenvalue weighted by Gasteiger charge is -2.34. The Morgan fingerprint density at radius 3 is 2.27 bits per heavy atom. The average Bonchev–Trinajstić information content (AvgIpc) is 3.22. The highest BCUT2D eigenvalue weighted by molar-refractivity contribution is 7.22. The number of benzene rings is 2. The number of piperazine rings is 1. The van der Waals surface area contributed by atoms with Gasteiger partial charge in [0.05, 0.1) is 37.2 Å². The predicted octanol–water partition coefficient (Wildman–Crippen LogP) is 3.68. The number of amides is 2. The Morgan fingerprint density at radius 1 is 1.00 bits per heavy atom. The first kappa shape index (κ1) is 20.1. The van der Waals surface area contributed by atoms with Gasteiger partial charge >= 0.3 is 6.03 Å². The van der Waals surface area contributed by atoms with Crippen molar-refractivity contribution in [2.24, 2.45) is 0 Å². The molecular formula is C21H24N4O4S. The summed E-state index contributed by atoms with van der Waals surface area (Å²) in [6, 6.07) is 11.4. The lowest BCUT2D eigenvalue weighted by Crippen LogP contribution is -2.50. The quantitative estimate of drug-likeness (QED) is 0.668. The highest BCUT2D eigenvalue weighted by atomic mass is 32.1. The largest absolute Gasteiger partial charge is 0.493 e. The molecule has 2 aromatic carbocycles. The van der Waals surface area contributed by atoms with E-state index in [0.717, 1.165) is 23.7 Å². The molecule has 0 bridgehead atoms. The number of methoxy groups -OCH3 is 3. The zero-order chi connectivity index (χ0) is 21.1. The van der Waals surface area contributed by atoms with Gasteiger partial charge in [0.25, 0.3) is 0 Å². The third kappa shape index (κ3) is 3.93. The van der Waals surface area contributed by atoms with E-state index in [1.807, 2.05) is 18.2 Å². The van der Waals surface area contributed by atoms with Gasteiger partial charge in [-0.2, -0.15) is 0 Å². The zero-order valence-corrected chi connectivity index (χ0v) is 18.0. The molecule has 0 aliphatic carbocycles. The standard InChI is InChI=1S/C21H24N4O4S/c1-27-16-12-14(13-17(28-2)19(16)29-3)22-20(26)24-8-10-25(11-9-24)21-23-15-6-4-5-7-18(15)30-21/h4-7,12-13H,8-11H2,1-3H3,(H,22,26). The number of hydrogen-bond acceptors (Lipinski definition) is 7. The fourth-order valence-corrected chi connectivity index (χ4v) is 4.47. The molecule has 158 valence electrons. The number of nitrogens with zero attached hydrogens (tertiary/aromatic N) is 3. The molecule has 0 spiro atoms. The van der Waals surface area contributed by atoms with Crippen molar-refractivity contribution in [3.63, 3.8) is 0 Å². The number of thiazole rings is 1. The normalized spacial score (nSPS) is 14.0. The van der Waals surface area contributed by atoms with E-state index in [2.05, 4.69) is 16.3 Å². The Morgan fingerprint density at radius 2 is 1.67 bits per heavy atom. The topological polar surface area (TPSA) is 76.2 Å². The summed E-state index contributed by atoms with van der Waals surface area (Å²) < 4.78 is 17.2. The van der Waals surface area contributed by atoms with E-state index in [0.29, 0.717) is 36.0 Å². The van der Waals surface area contributed by atoms with Crippen molar-refractivity contribution in [2.75, 3.05) is 57.7 Å². The number of anilines is 2. The van der Waals surface area contributed by atoms with Crippen LogP contribution in [0.25, 0.3) is 10.2 Å². The number of rotatable bonds is 5. The number of carbonyl (C=O) groups excluding carboxylic acids is 1. The molecule has 1 saturated heterocycles. The van der Waals surface area contributed by atoms with E-state index in [9.17, 15) is 4.79 Å². The Kier molecular flexibility index (Phi) is 5.80. The Hall–Kier alpha value is -3.20. The van der Waals surface area contributed by atoms with Crippen LogP contribution in [-0.2, 0) is 0 Å². The summed E-state index contributed by atoms with van der Waals surface area (Å²) in [5, 5.41) is 3.93. The molecule has 1 aromatic heterocycles. The van der Waals surface area contributed by atoms with Crippen LogP contribution in [0.2, 0.25) is 0 Å². The highest BCUT2D eigenvalue weighted by Gasteiger charge is 2.24. The maximum absolute atomic E-state index is 12.8. The molecule has 3 aromatic rings. The van der Waals surface area contributed by atoms with Crippen LogP contribution in [0.3, 0.4) is 0 Å². The predicted molar refractivity (Wildman–Crippen MR) is 119 cm³/mol. The molecule has 1 fully saturated rings. The maximum atomic E-state index is 12.8. The van der Waals surface area contributed by atoms with Crippen molar-refractivity contribution < 1.29 is 19.0 Å². The maximum Gasteiger partial charge on any atom is 0.321 e. The number of hydrogen-bond donors (Lipinski definition) is 1. The van der Waals surface area contributed by atoms with Gasteiger partial charge < -0.3 is 29.3 Å². The van der Waals surface area contributed by atoms with Crippen molar-refractivity contribution in [3.05, 3.63) is 36.4 Å². The molecule has 4 rings (SSSR count). The van der Waals surface area contributed by atoms with E-state index >= 15 is 0 Å². The Balaban J connectivity index is 1.41. The van der Waals surface area contributed by atoms with Crippen molar-refractivity contribution in [3.8, 4) is 17.2 Å². The molecule has 1 aliphatic rings. The third-order valence-corrected chi connectivity index (χ3v) is 6.13. The SMILES string of the molecule is COc1cc(NC(=O)N2CCN(c3nc4ccccc4s3)CC2)cc(OC)c1OC. The lowest BCUT2D eigenvalue weighted by atomic mass is 10.2. The van der Waals surface area contributed by atoms with Crippen LogP contribution in [0.4, 0.5) is 15.6 Å². The van der Waals surface area contributed by atoms with Crippen molar-refractivity contribution >= 4 is 38.4 Å². The smallest absolute Gasteiger partial charge is 0.321 e. The minimum Gasteiger partial charge on any atom is -0.493 e. The van der Waals surface area contributed by atoms with Gasteiger partial charge in [0.2, 0.25) is 5.75 Å². The fourth-order valence-electron chi connectivity index (χ4n) is 3.45. The average molecular weight is 429 g/mol. The fraction of sp³-hybridized carbons (Fsp3) is 0.333. The van der Waals surface area contributed by atoms with E-state index in [4.69, 9.17) is 19.2 Å². The van der Waals surface area contributed by atoms with Crippen LogP contribution in [0, 0.1) is 0 Å². The molecule has 1 N–H and O–H groups in total. The molecule has 2 amide bonds. The molecule has 30 heavy (non-hydrogen) atoms. The highest BCUT2D eigenvalue weighted by Crippen LogP contribution is 2.40. The van der Waals surface area contributed by atoms with Gasteiger partial charge in [0, 0.05) is 38.3 Å². The number of ether oxygens (including phenoxy) is 3. The van der Waals surface area contributed by atoms with Crippen LogP contribution in [0.5, 0.6) is 17.2 Å². The Bertz CT molecular complexity index is 988. The van der Waals surface area contributed by atoms with Crippen molar-refractivity contribution in [1.82, 2.24) is 9.88 Å². The minimum atomic E-state index is -0.159. The first-order chi connectivity index (χ1) is 14.6. The van der Waals surface area contributed by atoms with Gasteiger partial charge in [-0.3, -0.25) is 0 Å². The van der Waals surface area contributed by atoms with Crippen LogP contribution in [-0.4, -0.2) is 63.4 Å². The summed E-state index contributed by atoms with van der Waals surface area (Å²) in [5.74, 6) is 1.48. The second-order valence-electron chi connectivity index (χ2n) is 6.78.